The highest BCUT2D eigenvalue weighted by atomic mass is 14.4. The quantitative estimate of drug-likeness (QED) is 0.482. The normalized spacial score (nSPS) is 30.0. The van der Waals surface area contributed by atoms with Crippen molar-refractivity contribution >= 4 is 0 Å². The van der Waals surface area contributed by atoms with Crippen molar-refractivity contribution in [3.05, 3.63) is 6.92 Å². The zero-order valence-electron chi connectivity index (χ0n) is 7.54. The molecule has 1 aliphatic rings. The van der Waals surface area contributed by atoms with Crippen LogP contribution in [0.15, 0.2) is 0 Å². The smallest absolute Gasteiger partial charge is 0.0274 e. The summed E-state index contributed by atoms with van der Waals surface area (Å²) in [7, 11) is 0. The van der Waals surface area contributed by atoms with E-state index in [2.05, 4.69) is 27.7 Å². The van der Waals surface area contributed by atoms with Crippen LogP contribution in [0.25, 0.3) is 0 Å². The molecule has 1 saturated carbocycles. The van der Waals surface area contributed by atoms with Gasteiger partial charge in [0.1, 0.15) is 0 Å². The molecular formula is C10H19. The van der Waals surface area contributed by atoms with Crippen molar-refractivity contribution in [1.82, 2.24) is 0 Å². The van der Waals surface area contributed by atoms with Gasteiger partial charge in [0.15, 0.2) is 0 Å². The van der Waals surface area contributed by atoms with Gasteiger partial charge in [0.2, 0.25) is 0 Å². The van der Waals surface area contributed by atoms with E-state index >= 15 is 0 Å². The second-order valence-corrected chi connectivity index (χ2v) is 4.65. The Morgan fingerprint density at radius 2 is 1.50 bits per heavy atom. The van der Waals surface area contributed by atoms with Crippen molar-refractivity contribution < 1.29 is 0 Å². The molecule has 0 aromatic rings. The van der Waals surface area contributed by atoms with Gasteiger partial charge in [0, 0.05) is 0 Å². The lowest BCUT2D eigenvalue weighted by Gasteiger charge is -2.45. The summed E-state index contributed by atoms with van der Waals surface area (Å²) in [4.78, 5) is 0. The van der Waals surface area contributed by atoms with Gasteiger partial charge in [-0.3, -0.25) is 0 Å². The molecule has 1 unspecified atom stereocenters. The van der Waals surface area contributed by atoms with E-state index in [-0.39, 0.29) is 0 Å². The van der Waals surface area contributed by atoms with E-state index in [9.17, 15) is 0 Å². The van der Waals surface area contributed by atoms with Crippen LogP contribution >= 0.6 is 0 Å². The van der Waals surface area contributed by atoms with Crippen LogP contribution in [0, 0.1) is 17.8 Å². The zero-order chi connectivity index (χ0) is 7.83. The van der Waals surface area contributed by atoms with Crippen molar-refractivity contribution in [3.8, 4) is 0 Å². The van der Waals surface area contributed by atoms with Crippen molar-refractivity contribution in [2.75, 3.05) is 0 Å². The molecule has 1 atom stereocenters. The maximum Gasteiger partial charge on any atom is -0.0274 e. The molecule has 0 spiro atoms. The van der Waals surface area contributed by atoms with E-state index in [1.807, 2.05) is 0 Å². The van der Waals surface area contributed by atoms with E-state index < -0.39 is 0 Å². The van der Waals surface area contributed by atoms with Crippen LogP contribution in [0.4, 0.5) is 0 Å². The summed E-state index contributed by atoms with van der Waals surface area (Å²) >= 11 is 0. The average Bonchev–Trinajstić information content (AvgIpc) is 1.77. The Kier molecular flexibility index (Phi) is 1.82. The third kappa shape index (κ3) is 1.21. The molecule has 1 fully saturated rings. The Morgan fingerprint density at radius 3 is 1.80 bits per heavy atom. The van der Waals surface area contributed by atoms with Gasteiger partial charge in [-0.05, 0) is 30.6 Å². The number of hydrogen-bond acceptors (Lipinski definition) is 0. The van der Waals surface area contributed by atoms with Crippen LogP contribution in [0.5, 0.6) is 0 Å². The van der Waals surface area contributed by atoms with Crippen LogP contribution in [-0.2, 0) is 0 Å². The fourth-order valence-electron chi connectivity index (χ4n) is 1.72. The summed E-state index contributed by atoms with van der Waals surface area (Å²) in [5.41, 5.74) is 0.788. The maximum absolute atomic E-state index is 4.28. The molecule has 0 aromatic heterocycles. The van der Waals surface area contributed by atoms with Crippen molar-refractivity contribution in [3.63, 3.8) is 0 Å². The molecule has 0 saturated heterocycles. The Labute approximate surface area is 65.0 Å². The van der Waals surface area contributed by atoms with Gasteiger partial charge in [-0.1, -0.05) is 33.6 Å². The van der Waals surface area contributed by atoms with Gasteiger partial charge in [0.25, 0.3) is 0 Å². The first kappa shape index (κ1) is 8.10. The molecule has 0 bridgehead atoms. The van der Waals surface area contributed by atoms with Crippen LogP contribution in [-0.4, -0.2) is 0 Å². The lowest BCUT2D eigenvalue weighted by Crippen LogP contribution is -2.35. The Bertz CT molecular complexity index is 104. The molecule has 0 nitrogen and oxygen atoms in total. The minimum atomic E-state index is 0.325. The highest BCUT2D eigenvalue weighted by Crippen LogP contribution is 2.49. The zero-order valence-corrected chi connectivity index (χ0v) is 7.54. The van der Waals surface area contributed by atoms with Gasteiger partial charge in [-0.2, -0.15) is 0 Å². The van der Waals surface area contributed by atoms with Crippen molar-refractivity contribution in [2.45, 2.75) is 46.5 Å². The van der Waals surface area contributed by atoms with Crippen LogP contribution in [0.2, 0.25) is 0 Å². The SMILES string of the molecule is [CH2]C1(C)CCCCC1(C)C. The minimum Gasteiger partial charge on any atom is -0.0594 e. The third-order valence-corrected chi connectivity index (χ3v) is 3.41. The first-order valence-corrected chi connectivity index (χ1v) is 4.31. The Hall–Kier alpha value is 0. The molecule has 0 heteroatoms. The van der Waals surface area contributed by atoms with Crippen molar-refractivity contribution in [2.24, 2.45) is 10.8 Å². The largest absolute Gasteiger partial charge is 0.0594 e. The van der Waals surface area contributed by atoms with Gasteiger partial charge >= 0.3 is 0 Å². The summed E-state index contributed by atoms with van der Waals surface area (Å²) in [6, 6.07) is 0. The van der Waals surface area contributed by atoms with Gasteiger partial charge < -0.3 is 0 Å². The lowest BCUT2D eigenvalue weighted by molar-refractivity contribution is 0.0778. The molecule has 0 aromatic carbocycles. The predicted molar refractivity (Wildman–Crippen MR) is 45.7 cm³/mol. The van der Waals surface area contributed by atoms with Gasteiger partial charge in [-0.15, -0.1) is 0 Å². The first-order valence-electron chi connectivity index (χ1n) is 4.31. The topological polar surface area (TPSA) is 0 Å². The second kappa shape index (κ2) is 2.25. The molecule has 1 rings (SSSR count). The molecule has 0 N–H and O–H groups in total. The van der Waals surface area contributed by atoms with E-state index in [4.69, 9.17) is 0 Å². The van der Waals surface area contributed by atoms with E-state index in [0.717, 1.165) is 0 Å². The minimum absolute atomic E-state index is 0.325. The van der Waals surface area contributed by atoms with E-state index in [1.54, 1.807) is 0 Å². The predicted octanol–water partition coefficient (Wildman–Crippen LogP) is 3.43. The van der Waals surface area contributed by atoms with E-state index in [0.29, 0.717) is 10.8 Å². The molecule has 0 amide bonds. The maximum atomic E-state index is 4.28. The van der Waals surface area contributed by atoms with Crippen molar-refractivity contribution in [1.29, 1.82) is 0 Å². The summed E-state index contributed by atoms with van der Waals surface area (Å²) in [5, 5.41) is 0. The fraction of sp³-hybridized carbons (Fsp3) is 0.900. The van der Waals surface area contributed by atoms with E-state index in [1.165, 1.54) is 25.7 Å². The summed E-state index contributed by atoms with van der Waals surface area (Å²) in [5.74, 6) is 0. The highest BCUT2D eigenvalue weighted by molar-refractivity contribution is 4.94. The number of hydrogen-bond donors (Lipinski definition) is 0. The summed E-state index contributed by atoms with van der Waals surface area (Å²) in [6.45, 7) is 11.3. The average molecular weight is 139 g/mol. The number of rotatable bonds is 0. The molecule has 1 radical (unpaired) electrons. The molecule has 10 heavy (non-hydrogen) atoms. The highest BCUT2D eigenvalue weighted by Gasteiger charge is 2.38. The molecule has 59 valence electrons. The first-order chi connectivity index (χ1) is 4.46. The van der Waals surface area contributed by atoms with Crippen LogP contribution in [0.3, 0.4) is 0 Å². The lowest BCUT2D eigenvalue weighted by atomic mass is 9.60. The molecule has 0 heterocycles. The Morgan fingerprint density at radius 1 is 1.00 bits per heavy atom. The molecule has 0 aliphatic heterocycles. The molecule has 1 aliphatic carbocycles. The Balaban J connectivity index is 2.70. The fourth-order valence-corrected chi connectivity index (χ4v) is 1.72. The summed E-state index contributed by atoms with van der Waals surface area (Å²) in [6.07, 6.45) is 5.44. The third-order valence-electron chi connectivity index (χ3n) is 3.41. The summed E-state index contributed by atoms with van der Waals surface area (Å²) < 4.78 is 0. The molecular weight excluding hydrogens is 120 g/mol. The van der Waals surface area contributed by atoms with Gasteiger partial charge in [-0.25, -0.2) is 0 Å². The second-order valence-electron chi connectivity index (χ2n) is 4.65. The standard InChI is InChI=1S/C10H19/c1-9(2)7-5-6-8-10(9,3)4/h1,5-8H2,2-4H3. The van der Waals surface area contributed by atoms with Crippen LogP contribution < -0.4 is 0 Å². The van der Waals surface area contributed by atoms with Crippen LogP contribution in [0.1, 0.15) is 46.5 Å². The monoisotopic (exact) mass is 139 g/mol. The van der Waals surface area contributed by atoms with Gasteiger partial charge in [0.05, 0.1) is 0 Å².